The van der Waals surface area contributed by atoms with E-state index in [1.165, 1.54) is 43.8 Å². The fourth-order valence-electron chi connectivity index (χ4n) is 2.01. The van der Waals surface area contributed by atoms with E-state index >= 15 is 0 Å². The molecule has 0 spiro atoms. The lowest BCUT2D eigenvalue weighted by molar-refractivity contribution is 0.152. The third kappa shape index (κ3) is 3.70. The molecule has 0 bridgehead atoms. The van der Waals surface area contributed by atoms with Crippen LogP contribution in [0.15, 0.2) is 36.7 Å². The molecule has 0 amide bonds. The van der Waals surface area contributed by atoms with Crippen LogP contribution in [0.1, 0.15) is 12.0 Å². The van der Waals surface area contributed by atoms with Crippen molar-refractivity contribution in [2.75, 3.05) is 18.1 Å². The Morgan fingerprint density at radius 2 is 1.95 bits per heavy atom. The lowest BCUT2D eigenvalue weighted by Crippen LogP contribution is -2.09. The van der Waals surface area contributed by atoms with E-state index in [1.54, 1.807) is 0 Å². The Hall–Kier alpha value is -2.22. The standard InChI is InChI=1S/C14H14F2N2O3S/c1-21-13-7-9(18-22(2,19)20)3-4-10(13)12-8-17-6-5-11(12)14(15)16/h3-8,14,18H,1-2H3. The number of nitrogens with one attached hydrogen (secondary N) is 1. The zero-order valence-corrected chi connectivity index (χ0v) is 12.7. The number of ether oxygens (including phenoxy) is 1. The first-order valence-electron chi connectivity index (χ1n) is 6.20. The van der Waals surface area contributed by atoms with Crippen LogP contribution in [-0.4, -0.2) is 26.8 Å². The maximum absolute atomic E-state index is 13.1. The number of nitrogens with zero attached hydrogens (tertiary/aromatic N) is 1. The van der Waals surface area contributed by atoms with Crippen molar-refractivity contribution in [1.82, 2.24) is 4.98 Å². The van der Waals surface area contributed by atoms with Gasteiger partial charge >= 0.3 is 0 Å². The second kappa shape index (κ2) is 6.27. The van der Waals surface area contributed by atoms with Crippen molar-refractivity contribution < 1.29 is 21.9 Å². The van der Waals surface area contributed by atoms with Crippen LogP contribution in [0.3, 0.4) is 0 Å². The average molecular weight is 328 g/mol. The summed E-state index contributed by atoms with van der Waals surface area (Å²) in [7, 11) is -2.06. The molecule has 0 aliphatic carbocycles. The van der Waals surface area contributed by atoms with E-state index in [0.717, 1.165) is 6.26 Å². The number of halogens is 2. The van der Waals surface area contributed by atoms with Crippen molar-refractivity contribution in [3.63, 3.8) is 0 Å². The summed E-state index contributed by atoms with van der Waals surface area (Å²) < 4.78 is 56.1. The number of pyridine rings is 1. The SMILES string of the molecule is COc1cc(NS(C)(=O)=O)ccc1-c1cnccc1C(F)F. The van der Waals surface area contributed by atoms with Crippen molar-refractivity contribution in [2.45, 2.75) is 6.43 Å². The summed E-state index contributed by atoms with van der Waals surface area (Å²) in [6.45, 7) is 0. The Labute approximate surface area is 127 Å². The summed E-state index contributed by atoms with van der Waals surface area (Å²) in [5.74, 6) is 0.267. The molecule has 0 fully saturated rings. The molecule has 0 saturated heterocycles. The number of hydrogen-bond acceptors (Lipinski definition) is 4. The summed E-state index contributed by atoms with van der Waals surface area (Å²) in [4.78, 5) is 3.86. The van der Waals surface area contributed by atoms with E-state index in [0.29, 0.717) is 5.56 Å². The minimum Gasteiger partial charge on any atom is -0.496 e. The van der Waals surface area contributed by atoms with Crippen molar-refractivity contribution in [1.29, 1.82) is 0 Å². The van der Waals surface area contributed by atoms with E-state index in [4.69, 9.17) is 4.74 Å². The second-order valence-electron chi connectivity index (χ2n) is 4.55. The number of alkyl halides is 2. The quantitative estimate of drug-likeness (QED) is 0.916. The predicted octanol–water partition coefficient (Wildman–Crippen LogP) is 3.07. The summed E-state index contributed by atoms with van der Waals surface area (Å²) >= 11 is 0. The van der Waals surface area contributed by atoms with Gasteiger partial charge in [0, 0.05) is 35.2 Å². The molecule has 2 aromatic rings. The molecule has 118 valence electrons. The van der Waals surface area contributed by atoms with Gasteiger partial charge in [-0.1, -0.05) is 0 Å². The number of anilines is 1. The average Bonchev–Trinajstić information content (AvgIpc) is 2.45. The number of sulfonamides is 1. The predicted molar refractivity (Wildman–Crippen MR) is 79.6 cm³/mol. The fraction of sp³-hybridized carbons (Fsp3) is 0.214. The van der Waals surface area contributed by atoms with Gasteiger partial charge in [-0.05, 0) is 18.2 Å². The van der Waals surface area contributed by atoms with Crippen molar-refractivity contribution in [3.05, 3.63) is 42.2 Å². The molecule has 2 rings (SSSR count). The third-order valence-corrected chi connectivity index (χ3v) is 3.49. The van der Waals surface area contributed by atoms with Gasteiger partial charge in [-0.2, -0.15) is 0 Å². The highest BCUT2D eigenvalue weighted by Crippen LogP contribution is 2.37. The van der Waals surface area contributed by atoms with Crippen molar-refractivity contribution >= 4 is 15.7 Å². The molecule has 1 N–H and O–H groups in total. The van der Waals surface area contributed by atoms with E-state index in [9.17, 15) is 17.2 Å². The van der Waals surface area contributed by atoms with Gasteiger partial charge in [0.15, 0.2) is 0 Å². The van der Waals surface area contributed by atoms with Gasteiger partial charge in [-0.15, -0.1) is 0 Å². The van der Waals surface area contributed by atoms with E-state index in [1.807, 2.05) is 0 Å². The molecule has 0 aliphatic rings. The van der Waals surface area contributed by atoms with E-state index in [-0.39, 0.29) is 22.6 Å². The van der Waals surface area contributed by atoms with Gasteiger partial charge in [0.05, 0.1) is 19.1 Å². The molecule has 0 aliphatic heterocycles. The van der Waals surface area contributed by atoms with Crippen LogP contribution in [0.5, 0.6) is 5.75 Å². The number of hydrogen-bond donors (Lipinski definition) is 1. The summed E-state index contributed by atoms with van der Waals surface area (Å²) in [6.07, 6.45) is 0.972. The second-order valence-corrected chi connectivity index (χ2v) is 6.30. The summed E-state index contributed by atoms with van der Waals surface area (Å²) in [5, 5.41) is 0. The fourth-order valence-corrected chi connectivity index (χ4v) is 2.57. The van der Waals surface area contributed by atoms with Gasteiger partial charge in [-0.25, -0.2) is 17.2 Å². The molecule has 1 aromatic carbocycles. The van der Waals surface area contributed by atoms with Crippen LogP contribution < -0.4 is 9.46 Å². The monoisotopic (exact) mass is 328 g/mol. The smallest absolute Gasteiger partial charge is 0.264 e. The van der Waals surface area contributed by atoms with Gasteiger partial charge in [-0.3, -0.25) is 9.71 Å². The lowest BCUT2D eigenvalue weighted by atomic mass is 10.0. The van der Waals surface area contributed by atoms with Gasteiger partial charge in [0.2, 0.25) is 10.0 Å². The van der Waals surface area contributed by atoms with E-state index in [2.05, 4.69) is 9.71 Å². The molecule has 5 nitrogen and oxygen atoms in total. The molecule has 1 heterocycles. The molecular weight excluding hydrogens is 314 g/mol. The van der Waals surface area contributed by atoms with Crippen LogP contribution in [-0.2, 0) is 10.0 Å². The minimum absolute atomic E-state index is 0.169. The maximum Gasteiger partial charge on any atom is 0.264 e. The van der Waals surface area contributed by atoms with Gasteiger partial charge < -0.3 is 4.74 Å². The third-order valence-electron chi connectivity index (χ3n) is 2.88. The van der Waals surface area contributed by atoms with Gasteiger partial charge in [0.1, 0.15) is 5.75 Å². The normalized spacial score (nSPS) is 11.5. The highest BCUT2D eigenvalue weighted by atomic mass is 32.2. The molecule has 0 atom stereocenters. The summed E-state index contributed by atoms with van der Waals surface area (Å²) in [5.41, 5.74) is 0.757. The molecule has 1 aromatic heterocycles. The number of rotatable bonds is 5. The Kier molecular flexibility index (Phi) is 4.60. The minimum atomic E-state index is -3.44. The summed E-state index contributed by atoms with van der Waals surface area (Å²) in [6, 6.07) is 5.65. The zero-order valence-electron chi connectivity index (χ0n) is 11.9. The Bertz CT molecular complexity index is 779. The van der Waals surface area contributed by atoms with Crippen LogP contribution in [0, 0.1) is 0 Å². The zero-order chi connectivity index (χ0) is 16.3. The molecule has 22 heavy (non-hydrogen) atoms. The number of methoxy groups -OCH3 is 1. The maximum atomic E-state index is 13.1. The van der Waals surface area contributed by atoms with Crippen LogP contribution >= 0.6 is 0 Å². The number of aromatic nitrogens is 1. The topological polar surface area (TPSA) is 68.3 Å². The first-order chi connectivity index (χ1) is 10.3. The molecule has 8 heteroatoms. The largest absolute Gasteiger partial charge is 0.496 e. The first-order valence-corrected chi connectivity index (χ1v) is 8.09. The van der Waals surface area contributed by atoms with Gasteiger partial charge in [0.25, 0.3) is 6.43 Å². The molecular formula is C14H14F2N2O3S. The lowest BCUT2D eigenvalue weighted by Gasteiger charge is -2.14. The molecule has 0 radical (unpaired) electrons. The Morgan fingerprint density at radius 3 is 2.55 bits per heavy atom. The van der Waals surface area contributed by atoms with Crippen LogP contribution in [0.25, 0.3) is 11.1 Å². The highest BCUT2D eigenvalue weighted by Gasteiger charge is 2.17. The van der Waals surface area contributed by atoms with E-state index < -0.39 is 16.4 Å². The highest BCUT2D eigenvalue weighted by molar-refractivity contribution is 7.92. The van der Waals surface area contributed by atoms with Crippen LogP contribution in [0.2, 0.25) is 0 Å². The number of benzene rings is 1. The molecule has 0 unspecified atom stereocenters. The first kappa shape index (κ1) is 16.2. The Balaban J connectivity index is 2.53. The van der Waals surface area contributed by atoms with Crippen molar-refractivity contribution in [2.24, 2.45) is 0 Å². The Morgan fingerprint density at radius 1 is 1.23 bits per heavy atom. The molecule has 0 saturated carbocycles. The van der Waals surface area contributed by atoms with Crippen LogP contribution in [0.4, 0.5) is 14.5 Å². The van der Waals surface area contributed by atoms with Crippen molar-refractivity contribution in [3.8, 4) is 16.9 Å².